The molecular formula is C28H40N8O5. The molecule has 222 valence electrons. The van der Waals surface area contributed by atoms with E-state index in [4.69, 9.17) is 10.8 Å². The average molecular weight is 569 g/mol. The fourth-order valence-electron chi connectivity index (χ4n) is 5.33. The first kappa shape index (κ1) is 30.0. The van der Waals surface area contributed by atoms with Crippen LogP contribution in [0.4, 0.5) is 15.4 Å². The maximum atomic E-state index is 12.9. The van der Waals surface area contributed by atoms with Crippen molar-refractivity contribution in [1.29, 1.82) is 0 Å². The zero-order valence-corrected chi connectivity index (χ0v) is 23.9. The van der Waals surface area contributed by atoms with Gasteiger partial charge < -0.3 is 30.9 Å². The number of urea groups is 1. The Morgan fingerprint density at radius 3 is 2.46 bits per heavy atom. The van der Waals surface area contributed by atoms with Crippen LogP contribution in [0.15, 0.2) is 41.3 Å². The molecule has 1 aromatic carbocycles. The fraction of sp³-hybridized carbons (Fsp3) is 0.536. The van der Waals surface area contributed by atoms with Crippen molar-refractivity contribution in [1.82, 2.24) is 29.6 Å². The molecule has 2 aromatic rings. The normalized spacial score (nSPS) is 19.7. The molecule has 0 saturated carbocycles. The lowest BCUT2D eigenvalue weighted by Crippen LogP contribution is -2.61. The van der Waals surface area contributed by atoms with Gasteiger partial charge in [0.05, 0.1) is 11.2 Å². The number of carbonyl (C=O) groups excluding carboxylic acids is 2. The van der Waals surface area contributed by atoms with Crippen molar-refractivity contribution in [3.05, 3.63) is 52.6 Å². The van der Waals surface area contributed by atoms with Crippen LogP contribution in [0.5, 0.6) is 0 Å². The maximum Gasteiger partial charge on any atom is 0.404 e. The quantitative estimate of drug-likeness (QED) is 0.368. The minimum atomic E-state index is -0.983. The molecule has 0 radical (unpaired) electrons. The molecule has 4 amide bonds. The van der Waals surface area contributed by atoms with Crippen LogP contribution < -0.4 is 22.1 Å². The van der Waals surface area contributed by atoms with E-state index in [0.717, 1.165) is 38.0 Å². The van der Waals surface area contributed by atoms with E-state index in [1.54, 1.807) is 35.9 Å². The molecule has 13 nitrogen and oxygen atoms in total. The van der Waals surface area contributed by atoms with E-state index in [1.807, 2.05) is 31.2 Å². The van der Waals surface area contributed by atoms with Crippen LogP contribution in [-0.4, -0.2) is 105 Å². The number of aromatic nitrogens is 2. The molecule has 4 rings (SSSR count). The third kappa shape index (κ3) is 7.82. The number of benzene rings is 1. The number of carboxylic acid groups (broad SMARTS) is 1. The fourth-order valence-corrected chi connectivity index (χ4v) is 5.33. The van der Waals surface area contributed by atoms with Gasteiger partial charge in [-0.05, 0) is 69.8 Å². The second-order valence-electron chi connectivity index (χ2n) is 11.5. The summed E-state index contributed by atoms with van der Waals surface area (Å²) in [7, 11) is 0. The topological polar surface area (TPSA) is 166 Å². The Bertz CT molecular complexity index is 1310. The Hall–Kier alpha value is -3.97. The lowest BCUT2D eigenvalue weighted by atomic mass is 10.0. The number of anilines is 1. The summed E-state index contributed by atoms with van der Waals surface area (Å²) >= 11 is 0. The molecule has 5 N–H and O–H groups in total. The molecule has 0 spiro atoms. The van der Waals surface area contributed by atoms with Gasteiger partial charge in [-0.1, -0.05) is 12.1 Å². The van der Waals surface area contributed by atoms with Crippen LogP contribution in [0.3, 0.4) is 0 Å². The molecule has 2 aliphatic heterocycles. The van der Waals surface area contributed by atoms with Crippen molar-refractivity contribution in [2.45, 2.75) is 45.2 Å². The van der Waals surface area contributed by atoms with Crippen LogP contribution in [0, 0.1) is 5.92 Å². The van der Waals surface area contributed by atoms with Crippen LogP contribution >= 0.6 is 0 Å². The lowest BCUT2D eigenvalue weighted by Gasteiger charge is -2.41. The number of nitrogens with two attached hydrogens (primary N) is 1. The molecular weight excluding hydrogens is 528 g/mol. The molecule has 2 aliphatic rings. The molecule has 13 heteroatoms. The van der Waals surface area contributed by atoms with Gasteiger partial charge in [0.1, 0.15) is 5.82 Å². The first-order valence-corrected chi connectivity index (χ1v) is 13.9. The summed E-state index contributed by atoms with van der Waals surface area (Å²) in [6.45, 7) is 9.49. The molecule has 0 aliphatic carbocycles. The van der Waals surface area contributed by atoms with Gasteiger partial charge in [-0.15, -0.1) is 0 Å². The second kappa shape index (κ2) is 12.7. The van der Waals surface area contributed by atoms with Crippen molar-refractivity contribution in [2.24, 2.45) is 11.7 Å². The molecule has 2 atom stereocenters. The predicted octanol–water partition coefficient (Wildman–Crippen LogP) is 1.17. The molecule has 41 heavy (non-hydrogen) atoms. The summed E-state index contributed by atoms with van der Waals surface area (Å²) in [4.78, 5) is 58.5. The van der Waals surface area contributed by atoms with Gasteiger partial charge in [-0.25, -0.2) is 14.4 Å². The Labute approximate surface area is 239 Å². The molecule has 0 unspecified atom stereocenters. The summed E-state index contributed by atoms with van der Waals surface area (Å²) in [6, 6.07) is 8.67. The summed E-state index contributed by atoms with van der Waals surface area (Å²) < 4.78 is 1.42. The third-order valence-electron chi connectivity index (χ3n) is 7.61. The Morgan fingerprint density at radius 1 is 1.10 bits per heavy atom. The molecule has 0 bridgehead atoms. The van der Waals surface area contributed by atoms with Gasteiger partial charge >= 0.3 is 17.8 Å². The number of hydrogen-bond donors (Lipinski definition) is 4. The van der Waals surface area contributed by atoms with Gasteiger partial charge in [-0.2, -0.15) is 4.98 Å². The zero-order valence-electron chi connectivity index (χ0n) is 23.9. The van der Waals surface area contributed by atoms with Crippen molar-refractivity contribution in [2.75, 3.05) is 51.1 Å². The molecule has 3 heterocycles. The first-order valence-electron chi connectivity index (χ1n) is 13.9. The summed E-state index contributed by atoms with van der Waals surface area (Å²) in [5.74, 6) is 0.341. The smallest absolute Gasteiger partial charge is 0.404 e. The minimum Gasteiger partial charge on any atom is -0.465 e. The average Bonchev–Trinajstić information content (AvgIpc) is 3.38. The van der Waals surface area contributed by atoms with E-state index in [9.17, 15) is 19.2 Å². The number of amides is 4. The largest absolute Gasteiger partial charge is 0.465 e. The SMILES string of the molecule is C[C@@H]1CN(C(=O)C(C)(C)N)CCN1C(=O)Nc1ccn(-c2ccc(CCN3CC[C@H](CNC(=O)O)C3)cc2)c(=O)n1. The van der Waals surface area contributed by atoms with Crippen LogP contribution in [0.1, 0.15) is 32.8 Å². The van der Waals surface area contributed by atoms with Crippen LogP contribution in [0.2, 0.25) is 0 Å². The Kier molecular flexibility index (Phi) is 9.28. The number of nitrogens with one attached hydrogen (secondary N) is 2. The highest BCUT2D eigenvalue weighted by Crippen LogP contribution is 2.18. The van der Waals surface area contributed by atoms with E-state index in [0.29, 0.717) is 37.8 Å². The number of carbonyl (C=O) groups is 3. The van der Waals surface area contributed by atoms with Crippen molar-refractivity contribution in [3.63, 3.8) is 0 Å². The first-order chi connectivity index (χ1) is 19.4. The monoisotopic (exact) mass is 568 g/mol. The minimum absolute atomic E-state index is 0.157. The van der Waals surface area contributed by atoms with E-state index in [2.05, 4.69) is 20.5 Å². The highest BCUT2D eigenvalue weighted by Gasteiger charge is 2.34. The van der Waals surface area contributed by atoms with Crippen LogP contribution in [-0.2, 0) is 11.2 Å². The van der Waals surface area contributed by atoms with Crippen molar-refractivity contribution >= 4 is 23.8 Å². The van der Waals surface area contributed by atoms with Gasteiger partial charge in [0, 0.05) is 51.5 Å². The number of nitrogens with zero attached hydrogens (tertiary/aromatic N) is 5. The number of likely N-dealkylation sites (tertiary alicyclic amines) is 1. The number of piperazine rings is 1. The maximum absolute atomic E-state index is 12.9. The van der Waals surface area contributed by atoms with Crippen LogP contribution in [0.25, 0.3) is 5.69 Å². The highest BCUT2D eigenvalue weighted by atomic mass is 16.4. The predicted molar refractivity (Wildman–Crippen MR) is 154 cm³/mol. The molecule has 2 fully saturated rings. The zero-order chi connectivity index (χ0) is 29.7. The number of rotatable bonds is 8. The van der Waals surface area contributed by atoms with Gasteiger partial charge in [0.2, 0.25) is 5.91 Å². The van der Waals surface area contributed by atoms with E-state index < -0.39 is 17.3 Å². The Morgan fingerprint density at radius 2 is 1.83 bits per heavy atom. The van der Waals surface area contributed by atoms with Crippen molar-refractivity contribution in [3.8, 4) is 5.69 Å². The summed E-state index contributed by atoms with van der Waals surface area (Å²) in [5.41, 5.74) is 6.26. The van der Waals surface area contributed by atoms with Gasteiger partial charge in [-0.3, -0.25) is 14.7 Å². The third-order valence-corrected chi connectivity index (χ3v) is 7.61. The Balaban J connectivity index is 1.28. The second-order valence-corrected chi connectivity index (χ2v) is 11.5. The van der Waals surface area contributed by atoms with Gasteiger partial charge in [0.25, 0.3) is 0 Å². The van der Waals surface area contributed by atoms with Crippen molar-refractivity contribution < 1.29 is 19.5 Å². The standard InChI is InChI=1S/C28H40N8O5/c1-19-17-34(24(37)28(2,3)29)14-15-35(19)25(38)31-23-10-13-36(26(39)32-23)22-6-4-20(5-7-22)8-11-33-12-9-21(18-33)16-30-27(40)41/h4-7,10,13,19,21,30H,8-9,11-12,14-18,29H2,1-3H3,(H,40,41)(H,31,32,38,39)/t19-,21-/m1/s1. The summed E-state index contributed by atoms with van der Waals surface area (Å²) in [6.07, 6.45) is 2.43. The number of hydrogen-bond acceptors (Lipinski definition) is 7. The summed E-state index contributed by atoms with van der Waals surface area (Å²) in [5, 5.41) is 13.9. The lowest BCUT2D eigenvalue weighted by molar-refractivity contribution is -0.138. The molecule has 2 saturated heterocycles. The van der Waals surface area contributed by atoms with E-state index in [1.165, 1.54) is 4.57 Å². The highest BCUT2D eigenvalue weighted by molar-refractivity contribution is 5.89. The van der Waals surface area contributed by atoms with E-state index in [-0.39, 0.29) is 23.8 Å². The molecule has 1 aromatic heterocycles. The van der Waals surface area contributed by atoms with Gasteiger partial charge in [0.15, 0.2) is 0 Å². The van der Waals surface area contributed by atoms with E-state index >= 15 is 0 Å².